The van der Waals surface area contributed by atoms with Crippen LogP contribution in [0.3, 0.4) is 0 Å². The first-order valence-electron chi connectivity index (χ1n) is 10.2. The summed E-state index contributed by atoms with van der Waals surface area (Å²) in [6.45, 7) is 6.09. The van der Waals surface area contributed by atoms with Crippen LogP contribution in [0.5, 0.6) is 0 Å². The number of hydrogen-bond donors (Lipinski definition) is 1. The quantitative estimate of drug-likeness (QED) is 0.186. The van der Waals surface area contributed by atoms with Crippen LogP contribution in [0.2, 0.25) is 0 Å². The van der Waals surface area contributed by atoms with Crippen molar-refractivity contribution in [2.45, 2.75) is 39.7 Å². The van der Waals surface area contributed by atoms with Crippen molar-refractivity contribution in [3.63, 3.8) is 0 Å². The highest BCUT2D eigenvalue weighted by molar-refractivity contribution is 6.12. The summed E-state index contributed by atoms with van der Waals surface area (Å²) in [6, 6.07) is 8.57. The van der Waals surface area contributed by atoms with Gasteiger partial charge in [-0.3, -0.25) is 14.4 Å². The Kier molecular flexibility index (Phi) is 15.4. The summed E-state index contributed by atoms with van der Waals surface area (Å²) in [5, 5.41) is 0. The first-order chi connectivity index (χ1) is 15.7. The number of carbonyl (C=O) groups excluding carboxylic acids is 5. The van der Waals surface area contributed by atoms with Crippen LogP contribution >= 0.6 is 0 Å². The van der Waals surface area contributed by atoms with Gasteiger partial charge in [-0.1, -0.05) is 24.3 Å². The van der Waals surface area contributed by atoms with E-state index in [1.54, 1.807) is 39.2 Å². The van der Waals surface area contributed by atoms with Gasteiger partial charge in [0.2, 0.25) is 0 Å². The molecule has 0 amide bonds. The Morgan fingerprint density at radius 1 is 1.09 bits per heavy atom. The lowest BCUT2D eigenvalue weighted by molar-refractivity contribution is -0.144. The molecule has 0 aliphatic rings. The fourth-order valence-electron chi connectivity index (χ4n) is 2.29. The maximum atomic E-state index is 12.2. The second-order valence-corrected chi connectivity index (χ2v) is 6.83. The van der Waals surface area contributed by atoms with E-state index in [1.165, 1.54) is 0 Å². The van der Waals surface area contributed by atoms with Crippen LogP contribution in [0.4, 0.5) is 0 Å². The van der Waals surface area contributed by atoms with Gasteiger partial charge in [0, 0.05) is 25.7 Å². The van der Waals surface area contributed by atoms with Crippen molar-refractivity contribution in [2.24, 2.45) is 5.73 Å². The van der Waals surface area contributed by atoms with Gasteiger partial charge in [-0.2, -0.15) is 0 Å². The van der Waals surface area contributed by atoms with E-state index in [-0.39, 0.29) is 24.0 Å². The third-order valence-electron chi connectivity index (χ3n) is 3.85. The lowest BCUT2D eigenvalue weighted by Crippen LogP contribution is -2.15. The molecular weight excluding hydrogens is 430 g/mol. The third kappa shape index (κ3) is 12.3. The van der Waals surface area contributed by atoms with Crippen LogP contribution in [0, 0.1) is 13.8 Å². The molecule has 1 heterocycles. The van der Waals surface area contributed by atoms with Gasteiger partial charge in [-0.05, 0) is 32.4 Å². The molecular formula is C24H31NO8. The smallest absolute Gasteiger partial charge is 0.313 e. The minimum absolute atomic E-state index is 0.0933. The number of benzene rings is 1. The summed E-state index contributed by atoms with van der Waals surface area (Å²) in [7, 11) is 1.58. The number of aryl methyl sites for hydroxylation is 2. The van der Waals surface area contributed by atoms with E-state index in [4.69, 9.17) is 14.9 Å². The Labute approximate surface area is 193 Å². The van der Waals surface area contributed by atoms with Gasteiger partial charge in [0.15, 0.2) is 17.8 Å². The topological polar surface area (TPSA) is 143 Å². The fraction of sp³-hybridized carbons (Fsp3) is 0.375. The molecule has 2 N–H and O–H groups in total. The average Bonchev–Trinajstić information content (AvgIpc) is 3.18. The number of ketones is 1. The molecule has 0 spiro atoms. The van der Waals surface area contributed by atoms with Crippen LogP contribution in [0.25, 0.3) is 0 Å². The molecule has 0 saturated heterocycles. The monoisotopic (exact) mass is 461 g/mol. The molecule has 0 radical (unpaired) electrons. The molecule has 9 nitrogen and oxygen atoms in total. The summed E-state index contributed by atoms with van der Waals surface area (Å²) >= 11 is 0. The van der Waals surface area contributed by atoms with Gasteiger partial charge in [0.25, 0.3) is 0 Å². The number of nitrogens with two attached hydrogens (primary N) is 1. The SMILES string of the molecule is CC(N)C=O.COCCCOC(=O)CC=O.Cc1cc(C(=O)c2ccccc2C)c(C=O)o1. The highest BCUT2D eigenvalue weighted by atomic mass is 16.5. The molecule has 1 atom stereocenters. The minimum atomic E-state index is -0.476. The largest absolute Gasteiger partial charge is 0.465 e. The van der Waals surface area contributed by atoms with Gasteiger partial charge < -0.3 is 29.2 Å². The van der Waals surface area contributed by atoms with Crippen LogP contribution in [0.15, 0.2) is 34.7 Å². The van der Waals surface area contributed by atoms with Crippen LogP contribution in [-0.2, 0) is 23.9 Å². The molecule has 1 unspecified atom stereocenters. The molecule has 2 aromatic rings. The zero-order valence-corrected chi connectivity index (χ0v) is 19.4. The zero-order valence-electron chi connectivity index (χ0n) is 19.4. The number of carbonyl (C=O) groups is 5. The number of ether oxygens (including phenoxy) is 2. The Bertz CT molecular complexity index is 902. The summed E-state index contributed by atoms with van der Waals surface area (Å²) in [5.74, 6) is -0.00191. The standard InChI is InChI=1S/C14H12O3.C7H12O4.C3H7NO/c1-9-5-3-4-6-11(9)14(16)12-7-10(2)17-13(12)8-15;1-10-5-2-6-11-7(9)3-4-8;1-3(4)2-5/h3-8H,1-2H3;4H,2-3,5-6H2,1H3;2-3H,4H2,1H3. The van der Waals surface area contributed by atoms with Crippen LogP contribution in [0.1, 0.15) is 57.6 Å². The van der Waals surface area contributed by atoms with E-state index < -0.39 is 5.97 Å². The molecule has 0 aliphatic carbocycles. The molecule has 0 fully saturated rings. The predicted octanol–water partition coefficient (Wildman–Crippen LogP) is 2.63. The molecule has 9 heteroatoms. The lowest BCUT2D eigenvalue weighted by Gasteiger charge is -2.02. The Balaban J connectivity index is 0.000000551. The van der Waals surface area contributed by atoms with Gasteiger partial charge in [0.05, 0.1) is 18.2 Å². The predicted molar refractivity (Wildman–Crippen MR) is 121 cm³/mol. The van der Waals surface area contributed by atoms with Crippen molar-refractivity contribution in [3.8, 4) is 0 Å². The summed E-state index contributed by atoms with van der Waals surface area (Å²) in [4.78, 5) is 52.7. The summed E-state index contributed by atoms with van der Waals surface area (Å²) in [6.07, 6.45) is 2.30. The molecule has 2 rings (SSSR count). The number of esters is 1. The normalized spacial score (nSPS) is 10.5. The fourth-order valence-corrected chi connectivity index (χ4v) is 2.29. The molecule has 33 heavy (non-hydrogen) atoms. The number of furan rings is 1. The van der Waals surface area contributed by atoms with Crippen molar-refractivity contribution in [2.75, 3.05) is 20.3 Å². The highest BCUT2D eigenvalue weighted by Gasteiger charge is 2.18. The molecule has 0 saturated carbocycles. The van der Waals surface area contributed by atoms with Crippen molar-refractivity contribution < 1.29 is 37.9 Å². The van der Waals surface area contributed by atoms with E-state index in [2.05, 4.69) is 4.74 Å². The maximum absolute atomic E-state index is 12.2. The Morgan fingerprint density at radius 2 is 1.73 bits per heavy atom. The summed E-state index contributed by atoms with van der Waals surface area (Å²) in [5.41, 5.74) is 6.73. The Morgan fingerprint density at radius 3 is 2.24 bits per heavy atom. The number of rotatable bonds is 10. The molecule has 1 aromatic carbocycles. The van der Waals surface area contributed by atoms with Crippen molar-refractivity contribution in [3.05, 3.63) is 58.5 Å². The van der Waals surface area contributed by atoms with Crippen LogP contribution in [-0.4, -0.2) is 57.0 Å². The molecule has 180 valence electrons. The van der Waals surface area contributed by atoms with E-state index in [9.17, 15) is 24.0 Å². The van der Waals surface area contributed by atoms with Crippen LogP contribution < -0.4 is 5.73 Å². The minimum Gasteiger partial charge on any atom is -0.465 e. The number of methoxy groups -OCH3 is 1. The Hall–Kier alpha value is -3.43. The number of aldehydes is 3. The van der Waals surface area contributed by atoms with E-state index >= 15 is 0 Å². The van der Waals surface area contributed by atoms with E-state index in [0.717, 1.165) is 5.56 Å². The number of hydrogen-bond acceptors (Lipinski definition) is 9. The van der Waals surface area contributed by atoms with Gasteiger partial charge >= 0.3 is 5.97 Å². The van der Waals surface area contributed by atoms with Gasteiger partial charge in [-0.15, -0.1) is 0 Å². The first-order valence-corrected chi connectivity index (χ1v) is 10.2. The average molecular weight is 462 g/mol. The van der Waals surface area contributed by atoms with E-state index in [1.807, 2.05) is 19.1 Å². The second kappa shape index (κ2) is 17.2. The van der Waals surface area contributed by atoms with Crippen molar-refractivity contribution >= 4 is 30.6 Å². The van der Waals surface area contributed by atoms with Gasteiger partial charge in [0.1, 0.15) is 24.8 Å². The summed E-state index contributed by atoms with van der Waals surface area (Å²) < 4.78 is 14.5. The van der Waals surface area contributed by atoms with Gasteiger partial charge in [-0.25, -0.2) is 0 Å². The van der Waals surface area contributed by atoms with Crippen molar-refractivity contribution in [1.29, 1.82) is 0 Å². The maximum Gasteiger partial charge on any atom is 0.313 e. The van der Waals surface area contributed by atoms with Crippen molar-refractivity contribution in [1.82, 2.24) is 0 Å². The zero-order chi connectivity index (χ0) is 25.2. The molecule has 0 aliphatic heterocycles. The third-order valence-corrected chi connectivity index (χ3v) is 3.85. The highest BCUT2D eigenvalue weighted by Crippen LogP contribution is 2.19. The molecule has 0 bridgehead atoms. The van der Waals surface area contributed by atoms with E-state index in [0.29, 0.717) is 55.4 Å². The molecule has 1 aromatic heterocycles. The lowest BCUT2D eigenvalue weighted by atomic mass is 9.99. The first kappa shape index (κ1) is 29.6. The second-order valence-electron chi connectivity index (χ2n) is 6.83.